The maximum atomic E-state index is 12.0. The molecule has 0 fully saturated rings. The Hall–Kier alpha value is -0.920. The summed E-state index contributed by atoms with van der Waals surface area (Å²) in [5, 5.41) is 9.19. The van der Waals surface area contributed by atoms with Crippen LogP contribution in [0.3, 0.4) is 0 Å². The molecule has 98 valence electrons. The largest absolute Gasteiger partial charge is 0.393 e. The molecule has 1 rings (SSSR count). The number of aliphatic hydroxyl groups excluding tert-OH is 1. The highest BCUT2D eigenvalue weighted by atomic mass is 32.2. The van der Waals surface area contributed by atoms with E-state index >= 15 is 0 Å². The van der Waals surface area contributed by atoms with Crippen molar-refractivity contribution in [3.8, 4) is 0 Å². The van der Waals surface area contributed by atoms with Gasteiger partial charge in [0.25, 0.3) is 10.0 Å². The molecule has 0 amide bonds. The summed E-state index contributed by atoms with van der Waals surface area (Å²) in [6, 6.07) is 0. The van der Waals surface area contributed by atoms with Gasteiger partial charge in [-0.05, 0) is 20.3 Å². The molecule has 1 aromatic rings. The average molecular weight is 261 g/mol. The Bertz CT molecular complexity index is 453. The Morgan fingerprint density at radius 3 is 2.71 bits per heavy atom. The smallest absolute Gasteiger partial charge is 0.261 e. The fraction of sp³-hybridized carbons (Fsp3) is 0.700. The van der Waals surface area contributed by atoms with Crippen LogP contribution in [0, 0.1) is 0 Å². The molecule has 6 nitrogen and oxygen atoms in total. The first-order valence-electron chi connectivity index (χ1n) is 5.54. The van der Waals surface area contributed by atoms with Crippen LogP contribution in [0.15, 0.2) is 17.6 Å². The van der Waals surface area contributed by atoms with Gasteiger partial charge in [-0.2, -0.15) is 4.31 Å². The van der Waals surface area contributed by atoms with E-state index < -0.39 is 16.1 Å². The molecule has 0 bridgehead atoms. The Labute approximate surface area is 102 Å². The Morgan fingerprint density at radius 1 is 1.59 bits per heavy atom. The standard InChI is InChI=1S/C10H19N3O3S/c1-4-13-7-10(11-8-13)17(15,16)12(3)6-5-9(2)14/h7-9,14H,4-6H2,1-3H3. The lowest BCUT2D eigenvalue weighted by Crippen LogP contribution is -2.29. The van der Waals surface area contributed by atoms with Crippen LogP contribution in [0.1, 0.15) is 20.3 Å². The Morgan fingerprint density at radius 2 is 2.24 bits per heavy atom. The second-order valence-electron chi connectivity index (χ2n) is 4.01. The van der Waals surface area contributed by atoms with Gasteiger partial charge in [-0.1, -0.05) is 0 Å². The maximum Gasteiger partial charge on any atom is 0.261 e. The zero-order valence-electron chi connectivity index (χ0n) is 10.4. The summed E-state index contributed by atoms with van der Waals surface area (Å²) in [6.45, 7) is 4.50. The minimum Gasteiger partial charge on any atom is -0.393 e. The maximum absolute atomic E-state index is 12.0. The Kier molecular flexibility index (Phi) is 4.67. The molecule has 0 aromatic carbocycles. The van der Waals surface area contributed by atoms with Crippen LogP contribution in [0.2, 0.25) is 0 Å². The number of nitrogens with zero attached hydrogens (tertiary/aromatic N) is 3. The van der Waals surface area contributed by atoms with Gasteiger partial charge in [-0.15, -0.1) is 0 Å². The van der Waals surface area contributed by atoms with Gasteiger partial charge in [-0.25, -0.2) is 13.4 Å². The molecule has 0 aliphatic rings. The first-order chi connectivity index (χ1) is 7.87. The van der Waals surface area contributed by atoms with Crippen LogP contribution in [-0.2, 0) is 16.6 Å². The van der Waals surface area contributed by atoms with E-state index in [0.29, 0.717) is 13.0 Å². The number of sulfonamides is 1. The molecule has 1 aromatic heterocycles. The molecule has 0 aliphatic carbocycles. The fourth-order valence-corrected chi connectivity index (χ4v) is 2.41. The minimum absolute atomic E-state index is 0.0486. The van der Waals surface area contributed by atoms with E-state index in [1.807, 2.05) is 6.92 Å². The highest BCUT2D eigenvalue weighted by Gasteiger charge is 2.23. The van der Waals surface area contributed by atoms with Crippen molar-refractivity contribution in [1.29, 1.82) is 0 Å². The van der Waals surface area contributed by atoms with Gasteiger partial charge in [0.05, 0.1) is 12.4 Å². The second-order valence-corrected chi connectivity index (χ2v) is 6.00. The summed E-state index contributed by atoms with van der Waals surface area (Å²) in [5.74, 6) is 0. The van der Waals surface area contributed by atoms with Crippen LogP contribution in [-0.4, -0.2) is 47.1 Å². The number of aryl methyl sites for hydroxylation is 1. The van der Waals surface area contributed by atoms with Crippen molar-refractivity contribution in [3.63, 3.8) is 0 Å². The van der Waals surface area contributed by atoms with Crippen LogP contribution >= 0.6 is 0 Å². The highest BCUT2D eigenvalue weighted by Crippen LogP contribution is 2.12. The summed E-state index contributed by atoms with van der Waals surface area (Å²) in [5.41, 5.74) is 0. The molecule has 0 spiro atoms. The number of hydrogen-bond donors (Lipinski definition) is 1. The molecule has 0 radical (unpaired) electrons. The summed E-state index contributed by atoms with van der Waals surface area (Å²) in [4.78, 5) is 3.88. The number of rotatable bonds is 6. The van der Waals surface area contributed by atoms with Crippen LogP contribution in [0.4, 0.5) is 0 Å². The van der Waals surface area contributed by atoms with Crippen molar-refractivity contribution in [2.75, 3.05) is 13.6 Å². The molecule has 17 heavy (non-hydrogen) atoms. The first-order valence-corrected chi connectivity index (χ1v) is 6.98. The van der Waals surface area contributed by atoms with Crippen LogP contribution < -0.4 is 0 Å². The summed E-state index contributed by atoms with van der Waals surface area (Å²) in [6.07, 6.45) is 2.90. The fourth-order valence-electron chi connectivity index (χ4n) is 1.29. The van der Waals surface area contributed by atoms with Gasteiger partial charge < -0.3 is 9.67 Å². The SMILES string of the molecule is CCn1cnc(S(=O)(=O)N(C)CCC(C)O)c1. The van der Waals surface area contributed by atoms with E-state index in [0.717, 1.165) is 0 Å². The van der Waals surface area contributed by atoms with E-state index in [1.54, 1.807) is 11.5 Å². The molecule has 1 N–H and O–H groups in total. The van der Waals surface area contributed by atoms with E-state index in [2.05, 4.69) is 4.98 Å². The molecule has 1 heterocycles. The van der Waals surface area contributed by atoms with Crippen molar-refractivity contribution in [3.05, 3.63) is 12.5 Å². The molecular formula is C10H19N3O3S. The van der Waals surface area contributed by atoms with Crippen molar-refractivity contribution in [2.45, 2.75) is 37.9 Å². The quantitative estimate of drug-likeness (QED) is 0.799. The van der Waals surface area contributed by atoms with E-state index in [1.165, 1.54) is 23.9 Å². The van der Waals surface area contributed by atoms with Crippen LogP contribution in [0.5, 0.6) is 0 Å². The lowest BCUT2D eigenvalue weighted by atomic mass is 10.3. The predicted octanol–water partition coefficient (Wildman–Crippen LogP) is 0.294. The van der Waals surface area contributed by atoms with E-state index in [-0.39, 0.29) is 11.6 Å². The van der Waals surface area contributed by atoms with Crippen molar-refractivity contribution < 1.29 is 13.5 Å². The lowest BCUT2D eigenvalue weighted by Gasteiger charge is -2.16. The van der Waals surface area contributed by atoms with Gasteiger partial charge in [0.2, 0.25) is 0 Å². The second kappa shape index (κ2) is 5.61. The van der Waals surface area contributed by atoms with Gasteiger partial charge in [-0.3, -0.25) is 0 Å². The lowest BCUT2D eigenvalue weighted by molar-refractivity contribution is 0.177. The zero-order valence-corrected chi connectivity index (χ0v) is 11.2. The Balaban J connectivity index is 2.79. The monoisotopic (exact) mass is 261 g/mol. The summed E-state index contributed by atoms with van der Waals surface area (Å²) in [7, 11) is -2.04. The topological polar surface area (TPSA) is 75.4 Å². The molecule has 0 saturated heterocycles. The normalized spacial score (nSPS) is 14.2. The molecule has 0 aliphatic heterocycles. The molecule has 1 unspecified atom stereocenters. The summed E-state index contributed by atoms with van der Waals surface area (Å²) < 4.78 is 27.0. The van der Waals surface area contributed by atoms with Gasteiger partial charge in [0, 0.05) is 26.3 Å². The van der Waals surface area contributed by atoms with Crippen LogP contribution in [0.25, 0.3) is 0 Å². The predicted molar refractivity (Wildman–Crippen MR) is 64.0 cm³/mol. The van der Waals surface area contributed by atoms with E-state index in [4.69, 9.17) is 5.11 Å². The number of aromatic nitrogens is 2. The zero-order chi connectivity index (χ0) is 13.1. The highest BCUT2D eigenvalue weighted by molar-refractivity contribution is 7.89. The van der Waals surface area contributed by atoms with E-state index in [9.17, 15) is 8.42 Å². The molecular weight excluding hydrogens is 242 g/mol. The molecule has 1 atom stereocenters. The molecule has 7 heteroatoms. The molecule has 0 saturated carbocycles. The average Bonchev–Trinajstić information content (AvgIpc) is 2.74. The number of aliphatic hydroxyl groups is 1. The van der Waals surface area contributed by atoms with Gasteiger partial charge in [0.1, 0.15) is 0 Å². The van der Waals surface area contributed by atoms with Crippen molar-refractivity contribution in [1.82, 2.24) is 13.9 Å². The third-order valence-electron chi connectivity index (χ3n) is 2.51. The third-order valence-corrected chi connectivity index (χ3v) is 4.25. The summed E-state index contributed by atoms with van der Waals surface area (Å²) >= 11 is 0. The minimum atomic E-state index is -3.53. The third kappa shape index (κ3) is 3.52. The van der Waals surface area contributed by atoms with Gasteiger partial charge in [0.15, 0.2) is 5.03 Å². The van der Waals surface area contributed by atoms with Gasteiger partial charge >= 0.3 is 0 Å². The van der Waals surface area contributed by atoms with Crippen molar-refractivity contribution >= 4 is 10.0 Å². The first kappa shape index (κ1) is 14.1. The van der Waals surface area contributed by atoms with Crippen molar-refractivity contribution in [2.24, 2.45) is 0 Å². The number of imidazole rings is 1. The number of hydrogen-bond acceptors (Lipinski definition) is 4.